The molecule has 1 aromatic rings. The van der Waals surface area contributed by atoms with Gasteiger partial charge in [0.25, 0.3) is 0 Å². The van der Waals surface area contributed by atoms with Crippen molar-refractivity contribution in [3.05, 3.63) is 29.8 Å². The number of aliphatic hydroxyl groups is 1. The molecule has 1 aliphatic carbocycles. The standard InChI is InChI=1S/C21H28N2O4/c24-13-12-23(17-5-2-1-3-6-17)20(25)7-4-14-26-21-11-10-16-15-18(27-21)8-9-19(16)22-21/h8-11,15,17,22,24H,1-7,12-14H2. The lowest BCUT2D eigenvalue weighted by Crippen LogP contribution is -2.46. The first-order valence-corrected chi connectivity index (χ1v) is 10.0. The highest BCUT2D eigenvalue weighted by molar-refractivity contribution is 5.76. The fourth-order valence-electron chi connectivity index (χ4n) is 4.24. The highest BCUT2D eigenvalue weighted by Gasteiger charge is 2.37. The molecule has 4 heterocycles. The van der Waals surface area contributed by atoms with Crippen molar-refractivity contribution in [1.82, 2.24) is 4.90 Å². The van der Waals surface area contributed by atoms with Crippen molar-refractivity contribution in [2.75, 3.05) is 25.1 Å². The van der Waals surface area contributed by atoms with Crippen molar-refractivity contribution in [2.24, 2.45) is 0 Å². The molecule has 1 amide bonds. The van der Waals surface area contributed by atoms with E-state index in [1.54, 1.807) is 0 Å². The van der Waals surface area contributed by atoms with Gasteiger partial charge in [-0.05, 0) is 43.5 Å². The van der Waals surface area contributed by atoms with Crippen LogP contribution in [0.15, 0.2) is 24.3 Å². The molecule has 4 bridgehead atoms. The molecule has 0 saturated heterocycles. The molecule has 4 aliphatic heterocycles. The molecular weight excluding hydrogens is 344 g/mol. The molecule has 27 heavy (non-hydrogen) atoms. The fraction of sp³-hybridized carbons (Fsp3) is 0.571. The Morgan fingerprint density at radius 2 is 2.19 bits per heavy atom. The van der Waals surface area contributed by atoms with E-state index in [4.69, 9.17) is 9.47 Å². The molecular formula is C21H28N2O4. The summed E-state index contributed by atoms with van der Waals surface area (Å²) < 4.78 is 12.0. The lowest BCUT2D eigenvalue weighted by atomic mass is 9.94. The largest absolute Gasteiger partial charge is 0.441 e. The van der Waals surface area contributed by atoms with Crippen molar-refractivity contribution in [2.45, 2.75) is 56.9 Å². The smallest absolute Gasteiger partial charge is 0.314 e. The number of aliphatic hydroxyl groups excluding tert-OH is 1. The van der Waals surface area contributed by atoms with Crippen LogP contribution in [-0.4, -0.2) is 47.6 Å². The Bertz CT molecular complexity index is 710. The first kappa shape index (κ1) is 18.3. The van der Waals surface area contributed by atoms with Gasteiger partial charge >= 0.3 is 5.91 Å². The zero-order valence-electron chi connectivity index (χ0n) is 15.7. The van der Waals surface area contributed by atoms with Gasteiger partial charge < -0.3 is 24.8 Å². The molecule has 1 saturated carbocycles. The second-order valence-electron chi connectivity index (χ2n) is 7.53. The summed E-state index contributed by atoms with van der Waals surface area (Å²) in [5, 5.41) is 12.6. The number of benzene rings is 1. The molecule has 1 fully saturated rings. The molecule has 146 valence electrons. The van der Waals surface area contributed by atoms with E-state index in [1.165, 1.54) is 19.3 Å². The van der Waals surface area contributed by atoms with Gasteiger partial charge in [0.05, 0.1) is 13.2 Å². The van der Waals surface area contributed by atoms with E-state index in [0.29, 0.717) is 26.0 Å². The van der Waals surface area contributed by atoms with Crippen molar-refractivity contribution in [3.8, 4) is 5.75 Å². The van der Waals surface area contributed by atoms with Gasteiger partial charge in [-0.25, -0.2) is 0 Å². The van der Waals surface area contributed by atoms with Crippen LogP contribution in [0.25, 0.3) is 6.08 Å². The van der Waals surface area contributed by atoms with Gasteiger partial charge in [-0.15, -0.1) is 0 Å². The lowest BCUT2D eigenvalue weighted by Gasteiger charge is -2.34. The van der Waals surface area contributed by atoms with Crippen LogP contribution >= 0.6 is 0 Å². The summed E-state index contributed by atoms with van der Waals surface area (Å²) in [5.74, 6) is -0.103. The third-order valence-electron chi connectivity index (χ3n) is 5.61. The lowest BCUT2D eigenvalue weighted by molar-refractivity contribution is -0.139. The van der Waals surface area contributed by atoms with E-state index in [-0.39, 0.29) is 18.6 Å². The number of amides is 1. The number of hydrogen-bond acceptors (Lipinski definition) is 5. The fourth-order valence-corrected chi connectivity index (χ4v) is 4.24. The molecule has 1 unspecified atom stereocenters. The molecule has 1 aromatic carbocycles. The van der Waals surface area contributed by atoms with Gasteiger partial charge in [-0.1, -0.05) is 19.3 Å². The minimum absolute atomic E-state index is 0.0178. The quantitative estimate of drug-likeness (QED) is 0.686. The number of nitrogens with zero attached hydrogens (tertiary/aromatic N) is 1. The monoisotopic (exact) mass is 372 g/mol. The maximum absolute atomic E-state index is 12.7. The Kier molecular flexibility index (Phi) is 5.36. The van der Waals surface area contributed by atoms with Crippen LogP contribution in [0.3, 0.4) is 0 Å². The molecule has 5 aliphatic rings. The Balaban J connectivity index is 1.28. The Morgan fingerprint density at radius 3 is 3.00 bits per heavy atom. The van der Waals surface area contributed by atoms with Crippen LogP contribution in [0.2, 0.25) is 0 Å². The summed E-state index contributed by atoms with van der Waals surface area (Å²) in [6.07, 6.45) is 10.6. The number of fused-ring (bicyclic) bond motifs is 1. The molecule has 0 radical (unpaired) electrons. The minimum atomic E-state index is -0.984. The predicted octanol–water partition coefficient (Wildman–Crippen LogP) is 3.12. The van der Waals surface area contributed by atoms with E-state index < -0.39 is 5.91 Å². The SMILES string of the molecule is O=C(CCCOC12C=Cc3cc(ccc3N1)O2)N(CCO)C1CCCCC1. The third-order valence-corrected chi connectivity index (χ3v) is 5.61. The Hall–Kier alpha value is -2.05. The van der Waals surface area contributed by atoms with E-state index >= 15 is 0 Å². The number of carbonyl (C=O) groups is 1. The summed E-state index contributed by atoms with van der Waals surface area (Å²) >= 11 is 0. The van der Waals surface area contributed by atoms with Crippen molar-refractivity contribution >= 4 is 17.7 Å². The normalized spacial score (nSPS) is 23.0. The van der Waals surface area contributed by atoms with Crippen molar-refractivity contribution < 1.29 is 19.4 Å². The first-order chi connectivity index (χ1) is 13.2. The van der Waals surface area contributed by atoms with Gasteiger partial charge in [0.2, 0.25) is 5.91 Å². The van der Waals surface area contributed by atoms with Gasteiger partial charge in [0.1, 0.15) is 5.75 Å². The van der Waals surface area contributed by atoms with Crippen molar-refractivity contribution in [1.29, 1.82) is 0 Å². The number of carbonyl (C=O) groups excluding carboxylic acids is 1. The second kappa shape index (κ2) is 7.90. The van der Waals surface area contributed by atoms with Crippen LogP contribution < -0.4 is 10.1 Å². The number of anilines is 1. The second-order valence-corrected chi connectivity index (χ2v) is 7.53. The maximum Gasteiger partial charge on any atom is 0.314 e. The van der Waals surface area contributed by atoms with Crippen LogP contribution in [0, 0.1) is 0 Å². The van der Waals surface area contributed by atoms with Crippen LogP contribution in [0.1, 0.15) is 50.5 Å². The highest BCUT2D eigenvalue weighted by Crippen LogP contribution is 2.38. The van der Waals surface area contributed by atoms with Crippen molar-refractivity contribution in [3.63, 3.8) is 0 Å². The predicted molar refractivity (Wildman–Crippen MR) is 103 cm³/mol. The van der Waals surface area contributed by atoms with Crippen LogP contribution in [-0.2, 0) is 9.53 Å². The molecule has 6 nitrogen and oxygen atoms in total. The van der Waals surface area contributed by atoms with Crippen LogP contribution in [0.4, 0.5) is 5.69 Å². The van der Waals surface area contributed by atoms with Gasteiger partial charge in [0, 0.05) is 36.3 Å². The zero-order valence-corrected chi connectivity index (χ0v) is 15.7. The highest BCUT2D eigenvalue weighted by atomic mass is 16.7. The summed E-state index contributed by atoms with van der Waals surface area (Å²) in [6, 6.07) is 6.17. The zero-order chi connectivity index (χ0) is 18.7. The molecule has 6 heteroatoms. The van der Waals surface area contributed by atoms with E-state index in [1.807, 2.05) is 35.3 Å². The molecule has 0 spiro atoms. The summed E-state index contributed by atoms with van der Waals surface area (Å²) in [7, 11) is 0. The average molecular weight is 372 g/mol. The first-order valence-electron chi connectivity index (χ1n) is 10.0. The molecule has 2 N–H and O–H groups in total. The molecule has 6 rings (SSSR count). The molecule has 0 aromatic heterocycles. The van der Waals surface area contributed by atoms with E-state index in [0.717, 1.165) is 29.8 Å². The summed E-state index contributed by atoms with van der Waals surface area (Å²) in [6.45, 7) is 0.860. The Morgan fingerprint density at radius 1 is 1.33 bits per heavy atom. The Labute approximate surface area is 160 Å². The third kappa shape index (κ3) is 3.96. The number of rotatable bonds is 8. The summed E-state index contributed by atoms with van der Waals surface area (Å²) in [4.78, 5) is 14.6. The van der Waals surface area contributed by atoms with Gasteiger partial charge in [-0.2, -0.15) is 0 Å². The number of hydrogen-bond donors (Lipinski definition) is 2. The number of ether oxygens (including phenoxy) is 2. The molecule has 1 atom stereocenters. The summed E-state index contributed by atoms with van der Waals surface area (Å²) in [5.41, 5.74) is 2.08. The van der Waals surface area contributed by atoms with Gasteiger partial charge in [-0.3, -0.25) is 4.79 Å². The maximum atomic E-state index is 12.7. The van der Waals surface area contributed by atoms with Gasteiger partial charge in [0.15, 0.2) is 0 Å². The van der Waals surface area contributed by atoms with E-state index in [9.17, 15) is 9.90 Å². The minimum Gasteiger partial charge on any atom is -0.441 e. The topological polar surface area (TPSA) is 71.0 Å². The van der Waals surface area contributed by atoms with E-state index in [2.05, 4.69) is 5.32 Å². The van der Waals surface area contributed by atoms with Crippen LogP contribution in [0.5, 0.6) is 5.75 Å². The average Bonchev–Trinajstić information content (AvgIpc) is 3.03. The number of nitrogens with one attached hydrogen (secondary N) is 1.